The van der Waals surface area contributed by atoms with E-state index in [2.05, 4.69) is 10.5 Å². The first-order valence-corrected chi connectivity index (χ1v) is 6.27. The quantitative estimate of drug-likeness (QED) is 0.668. The van der Waals surface area contributed by atoms with Crippen molar-refractivity contribution in [1.29, 1.82) is 0 Å². The number of carbonyl (C=O) groups is 1. The average Bonchev–Trinajstić information content (AvgIpc) is 2.85. The van der Waals surface area contributed by atoms with Crippen molar-refractivity contribution in [3.05, 3.63) is 58.0 Å². The monoisotopic (exact) mass is 262 g/mol. The fourth-order valence-electron chi connectivity index (χ4n) is 1.35. The van der Waals surface area contributed by atoms with Gasteiger partial charge < -0.3 is 0 Å². The number of rotatable bonds is 4. The van der Waals surface area contributed by atoms with E-state index in [1.807, 2.05) is 16.8 Å². The molecule has 3 nitrogen and oxygen atoms in total. The Hall–Kier alpha value is -2.01. The Morgan fingerprint density at radius 1 is 1.33 bits per heavy atom. The van der Waals surface area contributed by atoms with Crippen LogP contribution in [0.25, 0.3) is 0 Å². The molecule has 0 spiro atoms. The summed E-state index contributed by atoms with van der Waals surface area (Å²) in [5.41, 5.74) is 4.12. The van der Waals surface area contributed by atoms with Crippen LogP contribution >= 0.6 is 11.3 Å². The molecule has 0 aliphatic carbocycles. The highest BCUT2D eigenvalue weighted by molar-refractivity contribution is 7.08. The molecule has 1 aromatic heterocycles. The Morgan fingerprint density at radius 2 is 2.11 bits per heavy atom. The maximum Gasteiger partial charge on any atom is 0.244 e. The van der Waals surface area contributed by atoms with Crippen molar-refractivity contribution in [3.63, 3.8) is 0 Å². The molecule has 5 heteroatoms. The lowest BCUT2D eigenvalue weighted by molar-refractivity contribution is -0.120. The third kappa shape index (κ3) is 3.78. The minimum absolute atomic E-state index is 0.182. The maximum atomic E-state index is 12.7. The normalized spacial score (nSPS) is 10.7. The summed E-state index contributed by atoms with van der Waals surface area (Å²) in [6.45, 7) is 0. The molecule has 1 amide bonds. The van der Waals surface area contributed by atoms with Crippen LogP contribution in [-0.4, -0.2) is 12.1 Å². The van der Waals surface area contributed by atoms with Gasteiger partial charge in [-0.05, 0) is 34.5 Å². The van der Waals surface area contributed by atoms with Crippen molar-refractivity contribution < 1.29 is 9.18 Å². The number of halogens is 1. The van der Waals surface area contributed by atoms with Gasteiger partial charge in [0.1, 0.15) is 5.82 Å². The van der Waals surface area contributed by atoms with Gasteiger partial charge in [-0.1, -0.05) is 12.1 Å². The SMILES string of the molecule is O=C(Cc1ccc(F)cc1)N/N=C/c1ccsc1. The molecule has 1 N–H and O–H groups in total. The second kappa shape index (κ2) is 6.07. The van der Waals surface area contributed by atoms with Crippen LogP contribution in [0.3, 0.4) is 0 Å². The zero-order valence-corrected chi connectivity index (χ0v) is 10.3. The summed E-state index contributed by atoms with van der Waals surface area (Å²) in [5, 5.41) is 7.69. The first kappa shape index (κ1) is 12.4. The number of hydrogen-bond acceptors (Lipinski definition) is 3. The third-order valence-electron chi connectivity index (χ3n) is 2.22. The molecule has 2 aromatic rings. The molecule has 0 atom stereocenters. The van der Waals surface area contributed by atoms with E-state index < -0.39 is 0 Å². The molecule has 92 valence electrons. The summed E-state index contributed by atoms with van der Waals surface area (Å²) in [7, 11) is 0. The molecule has 0 fully saturated rings. The Morgan fingerprint density at radius 3 is 2.78 bits per heavy atom. The molecule has 0 radical (unpaired) electrons. The van der Waals surface area contributed by atoms with Gasteiger partial charge >= 0.3 is 0 Å². The highest BCUT2D eigenvalue weighted by Crippen LogP contribution is 2.04. The largest absolute Gasteiger partial charge is 0.273 e. The number of hydrogen-bond donors (Lipinski definition) is 1. The average molecular weight is 262 g/mol. The standard InChI is InChI=1S/C13H11FN2OS/c14-12-3-1-10(2-4-12)7-13(17)16-15-8-11-5-6-18-9-11/h1-6,8-9H,7H2,(H,16,17)/b15-8+. The molecule has 18 heavy (non-hydrogen) atoms. The molecule has 1 heterocycles. The molecule has 0 saturated heterocycles. The van der Waals surface area contributed by atoms with Gasteiger partial charge in [0, 0.05) is 5.56 Å². The molecule has 0 saturated carbocycles. The smallest absolute Gasteiger partial charge is 0.244 e. The van der Waals surface area contributed by atoms with Crippen LogP contribution in [0.2, 0.25) is 0 Å². The Balaban J connectivity index is 1.84. The van der Waals surface area contributed by atoms with Crippen LogP contribution in [0.15, 0.2) is 46.2 Å². The van der Waals surface area contributed by atoms with Gasteiger partial charge in [0.15, 0.2) is 0 Å². The highest BCUT2D eigenvalue weighted by Gasteiger charge is 2.01. The van der Waals surface area contributed by atoms with Crippen LogP contribution in [0.5, 0.6) is 0 Å². The van der Waals surface area contributed by atoms with Crippen LogP contribution in [0, 0.1) is 5.82 Å². The van der Waals surface area contributed by atoms with Gasteiger partial charge in [-0.2, -0.15) is 16.4 Å². The van der Waals surface area contributed by atoms with Crippen LogP contribution in [0.4, 0.5) is 4.39 Å². The van der Waals surface area contributed by atoms with E-state index in [0.717, 1.165) is 11.1 Å². The lowest BCUT2D eigenvalue weighted by atomic mass is 10.1. The number of thiophene rings is 1. The number of hydrazone groups is 1. The molecular weight excluding hydrogens is 251 g/mol. The third-order valence-corrected chi connectivity index (χ3v) is 2.93. The second-order valence-corrected chi connectivity index (χ2v) is 4.43. The van der Waals surface area contributed by atoms with Gasteiger partial charge in [0.25, 0.3) is 0 Å². The fourth-order valence-corrected chi connectivity index (χ4v) is 1.97. The van der Waals surface area contributed by atoms with Crippen molar-refractivity contribution in [2.24, 2.45) is 5.10 Å². The van der Waals surface area contributed by atoms with E-state index in [1.54, 1.807) is 29.7 Å². The van der Waals surface area contributed by atoms with Crippen molar-refractivity contribution >= 4 is 23.5 Å². The van der Waals surface area contributed by atoms with Crippen molar-refractivity contribution in [1.82, 2.24) is 5.43 Å². The summed E-state index contributed by atoms with van der Waals surface area (Å²) in [6.07, 6.45) is 1.76. The lowest BCUT2D eigenvalue weighted by Gasteiger charge is -1.99. The van der Waals surface area contributed by atoms with Gasteiger partial charge in [0.05, 0.1) is 12.6 Å². The number of nitrogens with zero attached hydrogens (tertiary/aromatic N) is 1. The molecule has 0 aliphatic heterocycles. The number of amides is 1. The fraction of sp³-hybridized carbons (Fsp3) is 0.0769. The van der Waals surface area contributed by atoms with Crippen molar-refractivity contribution in [3.8, 4) is 0 Å². The van der Waals surface area contributed by atoms with E-state index in [0.29, 0.717) is 0 Å². The Labute approximate surface area is 108 Å². The van der Waals surface area contributed by atoms with Crippen molar-refractivity contribution in [2.75, 3.05) is 0 Å². The van der Waals surface area contributed by atoms with Crippen molar-refractivity contribution in [2.45, 2.75) is 6.42 Å². The number of benzene rings is 1. The first-order valence-electron chi connectivity index (χ1n) is 5.32. The predicted molar refractivity (Wildman–Crippen MR) is 70.2 cm³/mol. The van der Waals surface area contributed by atoms with E-state index in [-0.39, 0.29) is 18.1 Å². The number of nitrogens with one attached hydrogen (secondary N) is 1. The van der Waals surface area contributed by atoms with Gasteiger partial charge in [0.2, 0.25) is 5.91 Å². The zero-order chi connectivity index (χ0) is 12.8. The molecule has 1 aromatic carbocycles. The lowest BCUT2D eigenvalue weighted by Crippen LogP contribution is -2.19. The van der Waals surface area contributed by atoms with E-state index in [1.165, 1.54) is 12.1 Å². The minimum Gasteiger partial charge on any atom is -0.273 e. The highest BCUT2D eigenvalue weighted by atomic mass is 32.1. The van der Waals surface area contributed by atoms with Gasteiger partial charge in [-0.15, -0.1) is 0 Å². The summed E-state index contributed by atoms with van der Waals surface area (Å²) in [6, 6.07) is 7.73. The number of carbonyl (C=O) groups excluding carboxylic acids is 1. The summed E-state index contributed by atoms with van der Waals surface area (Å²) < 4.78 is 12.7. The Kier molecular flexibility index (Phi) is 4.20. The summed E-state index contributed by atoms with van der Waals surface area (Å²) in [5.74, 6) is -0.539. The minimum atomic E-state index is -0.311. The van der Waals surface area contributed by atoms with E-state index in [4.69, 9.17) is 0 Å². The van der Waals surface area contributed by atoms with E-state index >= 15 is 0 Å². The van der Waals surface area contributed by atoms with Crippen LogP contribution < -0.4 is 5.43 Å². The Bertz CT molecular complexity index is 535. The molecule has 2 rings (SSSR count). The molecule has 0 bridgehead atoms. The van der Waals surface area contributed by atoms with Gasteiger partial charge in [-0.25, -0.2) is 9.82 Å². The second-order valence-electron chi connectivity index (χ2n) is 3.65. The van der Waals surface area contributed by atoms with Gasteiger partial charge in [-0.3, -0.25) is 4.79 Å². The predicted octanol–water partition coefficient (Wildman–Crippen LogP) is 2.58. The molecule has 0 aliphatic rings. The zero-order valence-electron chi connectivity index (χ0n) is 9.47. The summed E-state index contributed by atoms with van der Waals surface area (Å²) >= 11 is 1.56. The molecule has 0 unspecified atom stereocenters. The molecular formula is C13H11FN2OS. The first-order chi connectivity index (χ1) is 8.74. The maximum absolute atomic E-state index is 12.7. The van der Waals surface area contributed by atoms with E-state index in [9.17, 15) is 9.18 Å². The van der Waals surface area contributed by atoms with Crippen LogP contribution in [-0.2, 0) is 11.2 Å². The topological polar surface area (TPSA) is 41.5 Å². The summed E-state index contributed by atoms with van der Waals surface area (Å²) in [4.78, 5) is 11.5. The van der Waals surface area contributed by atoms with Crippen LogP contribution in [0.1, 0.15) is 11.1 Å².